The van der Waals surface area contributed by atoms with Crippen molar-refractivity contribution in [2.24, 2.45) is 0 Å². The molecule has 15 heavy (non-hydrogen) atoms. The van der Waals surface area contributed by atoms with Gasteiger partial charge in [-0.3, -0.25) is 0 Å². The van der Waals surface area contributed by atoms with Crippen molar-refractivity contribution in [1.29, 1.82) is 0 Å². The molecular formula is C10H9ClF3N. The fourth-order valence-corrected chi connectivity index (χ4v) is 1.28. The molecule has 0 aliphatic carbocycles. The molecule has 0 spiro atoms. The van der Waals surface area contributed by atoms with Crippen LogP contribution in [0.3, 0.4) is 0 Å². The van der Waals surface area contributed by atoms with Gasteiger partial charge in [-0.1, -0.05) is 17.7 Å². The molecule has 0 aromatic heterocycles. The Morgan fingerprint density at radius 3 is 2.53 bits per heavy atom. The minimum absolute atomic E-state index is 0.0522. The third-order valence-corrected chi connectivity index (χ3v) is 1.89. The van der Waals surface area contributed by atoms with Gasteiger partial charge in [-0.25, -0.2) is 0 Å². The van der Waals surface area contributed by atoms with Gasteiger partial charge in [0.15, 0.2) is 0 Å². The van der Waals surface area contributed by atoms with Crippen LogP contribution in [0.4, 0.5) is 18.9 Å². The summed E-state index contributed by atoms with van der Waals surface area (Å²) in [6.45, 7) is 3.84. The van der Waals surface area contributed by atoms with Crippen molar-refractivity contribution in [3.63, 3.8) is 0 Å². The van der Waals surface area contributed by atoms with Crippen molar-refractivity contribution < 1.29 is 13.2 Å². The number of rotatable bonds is 3. The van der Waals surface area contributed by atoms with Gasteiger partial charge in [0.05, 0.1) is 5.56 Å². The molecule has 0 fully saturated rings. The minimum atomic E-state index is -4.38. The number of benzene rings is 1. The second-order valence-electron chi connectivity index (χ2n) is 2.90. The Labute approximate surface area is 90.6 Å². The monoisotopic (exact) mass is 235 g/mol. The predicted molar refractivity (Wildman–Crippen MR) is 55.1 cm³/mol. The summed E-state index contributed by atoms with van der Waals surface area (Å²) in [7, 11) is 0. The number of anilines is 1. The molecule has 0 saturated heterocycles. The highest BCUT2D eigenvalue weighted by atomic mass is 35.5. The maximum absolute atomic E-state index is 12.4. The Hall–Kier alpha value is -1.16. The highest BCUT2D eigenvalue weighted by Gasteiger charge is 2.31. The van der Waals surface area contributed by atoms with Crippen molar-refractivity contribution in [3.05, 3.63) is 41.4 Å². The van der Waals surface area contributed by atoms with E-state index in [1.807, 2.05) is 0 Å². The third kappa shape index (κ3) is 3.47. The molecule has 0 amide bonds. The van der Waals surface area contributed by atoms with E-state index in [4.69, 9.17) is 11.6 Å². The van der Waals surface area contributed by atoms with E-state index >= 15 is 0 Å². The third-order valence-electron chi connectivity index (χ3n) is 1.68. The summed E-state index contributed by atoms with van der Waals surface area (Å²) in [6.07, 6.45) is -2.83. The molecule has 0 unspecified atom stereocenters. The lowest BCUT2D eigenvalue weighted by Crippen LogP contribution is -2.06. The van der Waals surface area contributed by atoms with Gasteiger partial charge >= 0.3 is 6.18 Å². The first-order valence-electron chi connectivity index (χ1n) is 4.16. The SMILES string of the molecule is C=CCNc1cc(Cl)cc(C(F)(F)F)c1. The van der Waals surface area contributed by atoms with Gasteiger partial charge in [-0.15, -0.1) is 6.58 Å². The zero-order valence-electron chi connectivity index (χ0n) is 7.74. The number of nitrogens with one attached hydrogen (secondary N) is 1. The molecule has 1 rings (SSSR count). The average Bonchev–Trinajstić information content (AvgIpc) is 2.12. The normalized spacial score (nSPS) is 11.2. The second kappa shape index (κ2) is 4.57. The van der Waals surface area contributed by atoms with Gasteiger partial charge in [0, 0.05) is 17.3 Å². The van der Waals surface area contributed by atoms with Gasteiger partial charge in [0.1, 0.15) is 0 Å². The van der Waals surface area contributed by atoms with Gasteiger partial charge in [0.2, 0.25) is 0 Å². The Balaban J connectivity index is 3.00. The van der Waals surface area contributed by atoms with Crippen molar-refractivity contribution in [2.75, 3.05) is 11.9 Å². The molecule has 1 nitrogen and oxygen atoms in total. The molecule has 0 heterocycles. The van der Waals surface area contributed by atoms with Crippen molar-refractivity contribution >= 4 is 17.3 Å². The summed E-state index contributed by atoms with van der Waals surface area (Å²) >= 11 is 5.57. The van der Waals surface area contributed by atoms with Crippen LogP contribution >= 0.6 is 11.6 Å². The van der Waals surface area contributed by atoms with Crippen LogP contribution in [0.25, 0.3) is 0 Å². The number of hydrogen-bond donors (Lipinski definition) is 1. The Morgan fingerprint density at radius 1 is 1.33 bits per heavy atom. The number of alkyl halides is 3. The Bertz CT molecular complexity index is 360. The lowest BCUT2D eigenvalue weighted by molar-refractivity contribution is -0.137. The van der Waals surface area contributed by atoms with E-state index < -0.39 is 11.7 Å². The van der Waals surface area contributed by atoms with Crippen LogP contribution in [0, 0.1) is 0 Å². The lowest BCUT2D eigenvalue weighted by Gasteiger charge is -2.10. The van der Waals surface area contributed by atoms with E-state index in [0.717, 1.165) is 12.1 Å². The summed E-state index contributed by atoms with van der Waals surface area (Å²) in [4.78, 5) is 0. The van der Waals surface area contributed by atoms with Crippen molar-refractivity contribution in [3.8, 4) is 0 Å². The van der Waals surface area contributed by atoms with E-state index in [1.54, 1.807) is 6.08 Å². The number of hydrogen-bond acceptors (Lipinski definition) is 1. The smallest absolute Gasteiger partial charge is 0.382 e. The topological polar surface area (TPSA) is 12.0 Å². The highest BCUT2D eigenvalue weighted by Crippen LogP contribution is 2.33. The molecule has 0 aliphatic rings. The zero-order chi connectivity index (χ0) is 11.5. The molecule has 0 bridgehead atoms. The largest absolute Gasteiger partial charge is 0.416 e. The molecule has 0 aliphatic heterocycles. The molecular weight excluding hydrogens is 227 g/mol. The first-order chi connectivity index (χ1) is 6.93. The standard InChI is InChI=1S/C10H9ClF3N/c1-2-3-15-9-5-7(10(12,13)14)4-8(11)6-9/h2,4-6,15H,1,3H2. The molecule has 82 valence electrons. The van der Waals surface area contributed by atoms with Crippen molar-refractivity contribution in [1.82, 2.24) is 0 Å². The van der Waals surface area contributed by atoms with Gasteiger partial charge < -0.3 is 5.32 Å². The maximum Gasteiger partial charge on any atom is 0.416 e. The number of halogens is 4. The van der Waals surface area contributed by atoms with Gasteiger partial charge in [-0.05, 0) is 18.2 Å². The van der Waals surface area contributed by atoms with Crippen LogP contribution < -0.4 is 5.32 Å². The fraction of sp³-hybridized carbons (Fsp3) is 0.200. The first kappa shape index (κ1) is 11.9. The molecule has 1 aromatic rings. The predicted octanol–water partition coefficient (Wildman–Crippen LogP) is 3.96. The van der Waals surface area contributed by atoms with Crippen LogP contribution in [0.15, 0.2) is 30.9 Å². The van der Waals surface area contributed by atoms with Crippen LogP contribution in [0.1, 0.15) is 5.56 Å². The molecule has 0 radical (unpaired) electrons. The second-order valence-corrected chi connectivity index (χ2v) is 3.33. The first-order valence-corrected chi connectivity index (χ1v) is 4.54. The maximum atomic E-state index is 12.4. The van der Waals surface area contributed by atoms with E-state index in [2.05, 4.69) is 11.9 Å². The van der Waals surface area contributed by atoms with E-state index in [0.29, 0.717) is 12.2 Å². The average molecular weight is 236 g/mol. The quantitative estimate of drug-likeness (QED) is 0.782. The van der Waals surface area contributed by atoms with Gasteiger partial charge in [-0.2, -0.15) is 13.2 Å². The van der Waals surface area contributed by atoms with Crippen LogP contribution in [0.5, 0.6) is 0 Å². The summed E-state index contributed by atoms with van der Waals surface area (Å²) in [6, 6.07) is 3.33. The lowest BCUT2D eigenvalue weighted by atomic mass is 10.2. The fourth-order valence-electron chi connectivity index (χ4n) is 1.05. The zero-order valence-corrected chi connectivity index (χ0v) is 8.49. The summed E-state index contributed by atoms with van der Waals surface area (Å²) in [5.74, 6) is 0. The Morgan fingerprint density at radius 2 is 2.00 bits per heavy atom. The van der Waals surface area contributed by atoms with E-state index in [9.17, 15) is 13.2 Å². The molecule has 5 heteroatoms. The molecule has 0 atom stereocenters. The summed E-state index contributed by atoms with van der Waals surface area (Å²) < 4.78 is 37.1. The summed E-state index contributed by atoms with van der Waals surface area (Å²) in [5, 5.41) is 2.80. The Kier molecular flexibility index (Phi) is 3.63. The van der Waals surface area contributed by atoms with Crippen LogP contribution in [-0.2, 0) is 6.18 Å². The van der Waals surface area contributed by atoms with Crippen molar-refractivity contribution in [2.45, 2.75) is 6.18 Å². The molecule has 1 aromatic carbocycles. The summed E-state index contributed by atoms with van der Waals surface area (Å²) in [5.41, 5.74) is -0.434. The molecule has 1 N–H and O–H groups in total. The highest BCUT2D eigenvalue weighted by molar-refractivity contribution is 6.30. The van der Waals surface area contributed by atoms with Crippen LogP contribution in [0.2, 0.25) is 5.02 Å². The van der Waals surface area contributed by atoms with E-state index in [-0.39, 0.29) is 5.02 Å². The van der Waals surface area contributed by atoms with Crippen LogP contribution in [-0.4, -0.2) is 6.54 Å². The molecule has 0 saturated carbocycles. The minimum Gasteiger partial charge on any atom is -0.382 e. The van der Waals surface area contributed by atoms with Gasteiger partial charge in [0.25, 0.3) is 0 Å². The van der Waals surface area contributed by atoms with E-state index in [1.165, 1.54) is 6.07 Å².